The fourth-order valence-corrected chi connectivity index (χ4v) is 8.61. The Morgan fingerprint density at radius 2 is 1.24 bits per heavy atom. The van der Waals surface area contributed by atoms with Gasteiger partial charge in [0.15, 0.2) is 8.32 Å². The Kier molecular flexibility index (Phi) is 7.97. The fourth-order valence-electron chi connectivity index (χ4n) is 2.87. The van der Waals surface area contributed by atoms with Crippen LogP contribution in [0.1, 0.15) is 41.5 Å². The number of aldehydes is 1. The SMILES string of the molecule is CC(C)C[Si](CC(C)C)(CC(C)C)OCC=O. The summed E-state index contributed by atoms with van der Waals surface area (Å²) in [5, 5.41) is 0. The van der Waals surface area contributed by atoms with Gasteiger partial charge in [0.05, 0.1) is 6.61 Å². The minimum Gasteiger partial charge on any atom is -0.410 e. The van der Waals surface area contributed by atoms with E-state index in [4.69, 9.17) is 4.43 Å². The number of hydrogen-bond donors (Lipinski definition) is 0. The first-order valence-electron chi connectivity index (χ1n) is 6.89. The molecule has 0 amide bonds. The molecule has 0 aromatic rings. The predicted octanol–water partition coefficient (Wildman–Crippen LogP) is 4.12. The smallest absolute Gasteiger partial charge is 0.194 e. The lowest BCUT2D eigenvalue weighted by Crippen LogP contribution is -2.42. The number of carbonyl (C=O) groups is 1. The highest BCUT2D eigenvalue weighted by Crippen LogP contribution is 2.32. The molecule has 3 heteroatoms. The van der Waals surface area contributed by atoms with E-state index in [0.29, 0.717) is 24.4 Å². The third-order valence-electron chi connectivity index (χ3n) is 2.80. The van der Waals surface area contributed by atoms with Crippen molar-refractivity contribution in [2.45, 2.75) is 59.7 Å². The molecule has 0 aliphatic heterocycles. The number of hydrogen-bond acceptors (Lipinski definition) is 2. The van der Waals surface area contributed by atoms with Gasteiger partial charge in [0.2, 0.25) is 0 Å². The molecule has 0 spiro atoms. The average molecular weight is 258 g/mol. The molecule has 0 fully saturated rings. The molecule has 0 N–H and O–H groups in total. The van der Waals surface area contributed by atoms with Crippen molar-refractivity contribution in [2.75, 3.05) is 6.61 Å². The molecule has 2 nitrogen and oxygen atoms in total. The maximum atomic E-state index is 10.6. The van der Waals surface area contributed by atoms with Crippen LogP contribution in [0.25, 0.3) is 0 Å². The molecule has 0 radical (unpaired) electrons. The first-order chi connectivity index (χ1) is 7.81. The zero-order valence-corrected chi connectivity index (χ0v) is 13.5. The summed E-state index contributed by atoms with van der Waals surface area (Å²) >= 11 is 0. The lowest BCUT2D eigenvalue weighted by atomic mass is 10.2. The van der Waals surface area contributed by atoms with Crippen LogP contribution in [0.5, 0.6) is 0 Å². The van der Waals surface area contributed by atoms with Gasteiger partial charge in [-0.2, -0.15) is 0 Å². The molecular weight excluding hydrogens is 228 g/mol. The molecule has 0 aliphatic rings. The van der Waals surface area contributed by atoms with Crippen molar-refractivity contribution in [3.63, 3.8) is 0 Å². The van der Waals surface area contributed by atoms with Gasteiger partial charge in [-0.1, -0.05) is 41.5 Å². The first-order valence-corrected chi connectivity index (χ1v) is 9.42. The minimum absolute atomic E-state index is 0.290. The quantitative estimate of drug-likeness (QED) is 0.459. The van der Waals surface area contributed by atoms with E-state index >= 15 is 0 Å². The molecule has 0 bridgehead atoms. The van der Waals surface area contributed by atoms with Crippen molar-refractivity contribution in [1.29, 1.82) is 0 Å². The Balaban J connectivity index is 4.82. The monoisotopic (exact) mass is 258 g/mol. The minimum atomic E-state index is -1.74. The van der Waals surface area contributed by atoms with Gasteiger partial charge in [0, 0.05) is 0 Å². The fraction of sp³-hybridized carbons (Fsp3) is 0.929. The van der Waals surface area contributed by atoms with Crippen LogP contribution in [0.4, 0.5) is 0 Å². The van der Waals surface area contributed by atoms with Crippen molar-refractivity contribution in [3.8, 4) is 0 Å². The topological polar surface area (TPSA) is 26.3 Å². The van der Waals surface area contributed by atoms with E-state index in [9.17, 15) is 4.79 Å². The zero-order valence-electron chi connectivity index (χ0n) is 12.5. The lowest BCUT2D eigenvalue weighted by molar-refractivity contribution is -0.109. The van der Waals surface area contributed by atoms with Crippen molar-refractivity contribution in [1.82, 2.24) is 0 Å². The molecule has 0 saturated heterocycles. The summed E-state index contributed by atoms with van der Waals surface area (Å²) in [4.78, 5) is 10.6. The molecule has 102 valence electrons. The number of rotatable bonds is 9. The highest BCUT2D eigenvalue weighted by Gasteiger charge is 2.36. The van der Waals surface area contributed by atoms with Crippen LogP contribution < -0.4 is 0 Å². The van der Waals surface area contributed by atoms with Crippen molar-refractivity contribution in [3.05, 3.63) is 0 Å². The highest BCUT2D eigenvalue weighted by atomic mass is 28.4. The molecule has 0 saturated carbocycles. The Hall–Kier alpha value is -0.153. The molecule has 0 aromatic carbocycles. The first kappa shape index (κ1) is 16.8. The van der Waals surface area contributed by atoms with E-state index < -0.39 is 8.32 Å². The van der Waals surface area contributed by atoms with Gasteiger partial charge in [0.1, 0.15) is 6.29 Å². The van der Waals surface area contributed by atoms with Crippen molar-refractivity contribution in [2.24, 2.45) is 17.8 Å². The molecule has 17 heavy (non-hydrogen) atoms. The molecule has 0 heterocycles. The second-order valence-corrected chi connectivity index (χ2v) is 10.3. The van der Waals surface area contributed by atoms with Crippen LogP contribution in [-0.2, 0) is 9.22 Å². The Labute approximate surface area is 108 Å². The predicted molar refractivity (Wildman–Crippen MR) is 76.7 cm³/mol. The normalized spacial score (nSPS) is 12.8. The van der Waals surface area contributed by atoms with E-state index in [0.717, 1.165) is 6.29 Å². The summed E-state index contributed by atoms with van der Waals surface area (Å²) in [7, 11) is -1.74. The van der Waals surface area contributed by atoms with Gasteiger partial charge in [0.25, 0.3) is 0 Å². The van der Waals surface area contributed by atoms with Gasteiger partial charge >= 0.3 is 0 Å². The van der Waals surface area contributed by atoms with E-state index in [-0.39, 0.29) is 0 Å². The van der Waals surface area contributed by atoms with Gasteiger partial charge in [-0.25, -0.2) is 0 Å². The summed E-state index contributed by atoms with van der Waals surface area (Å²) in [6.45, 7) is 13.8. The van der Waals surface area contributed by atoms with Gasteiger partial charge in [-0.15, -0.1) is 0 Å². The zero-order chi connectivity index (χ0) is 13.5. The highest BCUT2D eigenvalue weighted by molar-refractivity contribution is 6.74. The second-order valence-electron chi connectivity index (χ2n) is 6.45. The summed E-state index contributed by atoms with van der Waals surface area (Å²) in [6, 6.07) is 3.53. The van der Waals surface area contributed by atoms with E-state index in [1.54, 1.807) is 0 Å². The van der Waals surface area contributed by atoms with E-state index in [1.165, 1.54) is 18.1 Å². The van der Waals surface area contributed by atoms with E-state index in [2.05, 4.69) is 41.5 Å². The van der Waals surface area contributed by atoms with Crippen LogP contribution >= 0.6 is 0 Å². The Morgan fingerprint density at radius 1 is 0.882 bits per heavy atom. The molecule has 0 atom stereocenters. The maximum absolute atomic E-state index is 10.6. The molecule has 0 aliphatic carbocycles. The summed E-state index contributed by atoms with van der Waals surface area (Å²) in [5.41, 5.74) is 0. The lowest BCUT2D eigenvalue weighted by Gasteiger charge is -2.35. The third kappa shape index (κ3) is 7.71. The van der Waals surface area contributed by atoms with Crippen LogP contribution in [-0.4, -0.2) is 21.2 Å². The Bertz CT molecular complexity index is 186. The molecule has 0 unspecified atom stereocenters. The second kappa shape index (κ2) is 8.04. The maximum Gasteiger partial charge on any atom is 0.194 e. The third-order valence-corrected chi connectivity index (χ3v) is 8.26. The van der Waals surface area contributed by atoms with Gasteiger partial charge < -0.3 is 9.22 Å². The summed E-state index contributed by atoms with van der Waals surface area (Å²) < 4.78 is 6.08. The van der Waals surface area contributed by atoms with Crippen LogP contribution in [0.15, 0.2) is 0 Å². The standard InChI is InChI=1S/C14H30O2Si/c1-12(2)9-17(10-13(3)4,11-14(5)6)16-8-7-15/h7,12-14H,8-11H2,1-6H3. The molecular formula is C14H30O2Si. The van der Waals surface area contributed by atoms with Crippen LogP contribution in [0.2, 0.25) is 18.1 Å². The van der Waals surface area contributed by atoms with E-state index in [1.807, 2.05) is 0 Å². The van der Waals surface area contributed by atoms with Crippen LogP contribution in [0.3, 0.4) is 0 Å². The largest absolute Gasteiger partial charge is 0.410 e. The molecule has 0 rings (SSSR count). The van der Waals surface area contributed by atoms with Crippen molar-refractivity contribution < 1.29 is 9.22 Å². The summed E-state index contributed by atoms with van der Waals surface area (Å²) in [6.07, 6.45) is 0.905. The van der Waals surface area contributed by atoms with Gasteiger partial charge in [-0.3, -0.25) is 0 Å². The number of carbonyl (C=O) groups excluding carboxylic acids is 1. The van der Waals surface area contributed by atoms with Crippen molar-refractivity contribution >= 4 is 14.6 Å². The Morgan fingerprint density at radius 3 is 1.47 bits per heavy atom. The van der Waals surface area contributed by atoms with Crippen LogP contribution in [0, 0.1) is 17.8 Å². The summed E-state index contributed by atoms with van der Waals surface area (Å²) in [5.74, 6) is 1.97. The molecule has 0 aromatic heterocycles. The average Bonchev–Trinajstić information content (AvgIpc) is 2.11. The van der Waals surface area contributed by atoms with Gasteiger partial charge in [-0.05, 0) is 35.9 Å².